The summed E-state index contributed by atoms with van der Waals surface area (Å²) in [6, 6.07) is 12.4. The quantitative estimate of drug-likeness (QED) is 0.425. The Labute approximate surface area is 198 Å². The molecule has 0 bridgehead atoms. The van der Waals surface area contributed by atoms with E-state index in [1.54, 1.807) is 0 Å². The highest BCUT2D eigenvalue weighted by Crippen LogP contribution is 2.32. The monoisotopic (exact) mass is 469 g/mol. The second-order valence-corrected chi connectivity index (χ2v) is 8.64. The van der Waals surface area contributed by atoms with Crippen LogP contribution in [0.2, 0.25) is 0 Å². The summed E-state index contributed by atoms with van der Waals surface area (Å²) < 4.78 is 20.7. The molecule has 9 heteroatoms. The number of rotatable bonds is 10. The number of hydrogen-bond acceptors (Lipinski definition) is 6. The first kappa shape index (κ1) is 23.9. The summed E-state index contributed by atoms with van der Waals surface area (Å²) in [6.07, 6.45) is 3.37. The Balaban J connectivity index is 1.31. The number of halogens is 1. The maximum Gasteiger partial charge on any atom is 0.347 e. The Kier molecular flexibility index (Phi) is 7.95. The number of aryl methyl sites for hydroxylation is 1. The van der Waals surface area contributed by atoms with Crippen molar-refractivity contribution in [2.75, 3.05) is 50.9 Å². The molecule has 3 aromatic rings. The first-order valence-corrected chi connectivity index (χ1v) is 11.9. The van der Waals surface area contributed by atoms with Crippen LogP contribution in [0.4, 0.5) is 10.1 Å². The molecule has 0 aliphatic carbocycles. The third-order valence-electron chi connectivity index (χ3n) is 6.31. The number of hydrogen-bond donors (Lipinski definition) is 0. The Hall–Kier alpha value is -3.20. The summed E-state index contributed by atoms with van der Waals surface area (Å²) in [4.78, 5) is 28.4. The third kappa shape index (κ3) is 5.64. The smallest absolute Gasteiger partial charge is 0.347 e. The maximum atomic E-state index is 12.5. The van der Waals surface area contributed by atoms with Crippen molar-refractivity contribution in [2.24, 2.45) is 7.05 Å². The molecule has 1 saturated heterocycles. The molecule has 1 aliphatic rings. The number of anilines is 1. The van der Waals surface area contributed by atoms with E-state index in [1.807, 2.05) is 12.1 Å². The Morgan fingerprint density at radius 1 is 1.00 bits per heavy atom. The number of unbranched alkanes of at least 4 members (excludes halogenated alkanes) is 1. The van der Waals surface area contributed by atoms with Gasteiger partial charge in [0.25, 0.3) is 5.56 Å². The summed E-state index contributed by atoms with van der Waals surface area (Å²) in [7, 11) is 1.47. The number of nitrogens with zero attached hydrogens (tertiary/aromatic N) is 5. The first-order chi connectivity index (χ1) is 16.6. The molecular formula is C25H32FN5O3. The van der Waals surface area contributed by atoms with E-state index < -0.39 is 0 Å². The number of aromatic nitrogens is 3. The molecule has 182 valence electrons. The lowest BCUT2D eigenvalue weighted by atomic mass is 10.1. The van der Waals surface area contributed by atoms with Crippen LogP contribution in [0.1, 0.15) is 19.3 Å². The fraction of sp³-hybridized carbons (Fsp3) is 0.480. The van der Waals surface area contributed by atoms with Crippen LogP contribution in [-0.4, -0.2) is 65.3 Å². The molecule has 0 saturated carbocycles. The van der Waals surface area contributed by atoms with E-state index in [4.69, 9.17) is 4.74 Å². The summed E-state index contributed by atoms with van der Waals surface area (Å²) in [5.41, 5.74) is 0.404. The first-order valence-electron chi connectivity index (χ1n) is 11.9. The molecule has 2 heterocycles. The molecule has 2 aromatic carbocycles. The molecule has 0 atom stereocenters. The average Bonchev–Trinajstić information content (AvgIpc) is 2.86. The van der Waals surface area contributed by atoms with Gasteiger partial charge < -0.3 is 9.64 Å². The summed E-state index contributed by atoms with van der Waals surface area (Å²) in [5.74, 6) is 0.784. The standard InChI is InChI=1S/C25H32FN5O3/c1-28-24(32)19-27-31(25(28)33)11-5-4-10-29-12-14-30(15-13-29)23-18-21(34-16-6-9-26)17-20-7-2-3-8-22(20)23/h2-3,7-8,17-19H,4-6,9-16H2,1H3. The Morgan fingerprint density at radius 2 is 1.76 bits per heavy atom. The minimum atomic E-state index is -0.385. The third-order valence-corrected chi connectivity index (χ3v) is 6.31. The molecule has 1 aromatic heterocycles. The zero-order valence-corrected chi connectivity index (χ0v) is 19.7. The van der Waals surface area contributed by atoms with Gasteiger partial charge >= 0.3 is 5.69 Å². The number of benzene rings is 2. The van der Waals surface area contributed by atoms with Crippen molar-refractivity contribution in [3.8, 4) is 5.75 Å². The summed E-state index contributed by atoms with van der Waals surface area (Å²) in [6.45, 7) is 5.22. The number of fused-ring (bicyclic) bond motifs is 1. The lowest BCUT2D eigenvalue weighted by Gasteiger charge is -2.36. The van der Waals surface area contributed by atoms with Gasteiger partial charge in [0.2, 0.25) is 0 Å². The summed E-state index contributed by atoms with van der Waals surface area (Å²) >= 11 is 0. The Morgan fingerprint density at radius 3 is 2.56 bits per heavy atom. The van der Waals surface area contributed by atoms with Gasteiger partial charge in [0.1, 0.15) is 11.9 Å². The largest absolute Gasteiger partial charge is 0.493 e. The molecule has 0 N–H and O–H groups in total. The number of piperazine rings is 1. The lowest BCUT2D eigenvalue weighted by molar-refractivity contribution is 0.250. The van der Waals surface area contributed by atoms with Gasteiger partial charge in [-0.3, -0.25) is 18.7 Å². The van der Waals surface area contributed by atoms with Crippen molar-refractivity contribution in [2.45, 2.75) is 25.8 Å². The zero-order chi connectivity index (χ0) is 23.9. The second-order valence-electron chi connectivity index (χ2n) is 8.64. The van der Waals surface area contributed by atoms with Crippen LogP contribution in [0.25, 0.3) is 10.8 Å². The molecule has 8 nitrogen and oxygen atoms in total. The lowest BCUT2D eigenvalue weighted by Crippen LogP contribution is -2.46. The van der Waals surface area contributed by atoms with Crippen molar-refractivity contribution in [1.29, 1.82) is 0 Å². The average molecular weight is 470 g/mol. The van der Waals surface area contributed by atoms with Crippen LogP contribution in [0.5, 0.6) is 5.75 Å². The van der Waals surface area contributed by atoms with Crippen molar-refractivity contribution in [3.63, 3.8) is 0 Å². The van der Waals surface area contributed by atoms with Crippen LogP contribution >= 0.6 is 0 Å². The van der Waals surface area contributed by atoms with E-state index in [1.165, 1.54) is 23.3 Å². The highest BCUT2D eigenvalue weighted by molar-refractivity contribution is 5.95. The van der Waals surface area contributed by atoms with Gasteiger partial charge in [-0.05, 0) is 30.8 Å². The molecule has 34 heavy (non-hydrogen) atoms. The predicted octanol–water partition coefficient (Wildman–Crippen LogP) is 2.44. The highest BCUT2D eigenvalue weighted by Gasteiger charge is 2.19. The molecule has 1 fully saturated rings. The van der Waals surface area contributed by atoms with Crippen molar-refractivity contribution in [3.05, 3.63) is 63.4 Å². The van der Waals surface area contributed by atoms with E-state index in [9.17, 15) is 14.0 Å². The minimum absolute atomic E-state index is 0.371. The van der Waals surface area contributed by atoms with Gasteiger partial charge in [0, 0.05) is 63.3 Å². The van der Waals surface area contributed by atoms with Gasteiger partial charge in [-0.15, -0.1) is 0 Å². The van der Waals surface area contributed by atoms with Crippen LogP contribution in [0.15, 0.2) is 52.2 Å². The van der Waals surface area contributed by atoms with Gasteiger partial charge in [0.05, 0.1) is 13.3 Å². The van der Waals surface area contributed by atoms with Gasteiger partial charge in [0.15, 0.2) is 0 Å². The second kappa shape index (κ2) is 11.3. The van der Waals surface area contributed by atoms with Crippen LogP contribution < -0.4 is 20.9 Å². The Bertz CT molecular complexity index is 1220. The summed E-state index contributed by atoms with van der Waals surface area (Å²) in [5, 5.41) is 6.27. The molecule has 1 aliphatic heterocycles. The SMILES string of the molecule is Cn1c(=O)cnn(CCCCN2CCN(c3cc(OCCCF)cc4ccccc34)CC2)c1=O. The molecule has 0 unspecified atom stereocenters. The number of alkyl halides is 1. The zero-order valence-electron chi connectivity index (χ0n) is 19.7. The topological polar surface area (TPSA) is 72.6 Å². The molecule has 0 spiro atoms. The van der Waals surface area contributed by atoms with E-state index in [-0.39, 0.29) is 17.9 Å². The maximum absolute atomic E-state index is 12.5. The minimum Gasteiger partial charge on any atom is -0.493 e. The fourth-order valence-corrected chi connectivity index (χ4v) is 4.34. The van der Waals surface area contributed by atoms with Crippen molar-refractivity contribution in [1.82, 2.24) is 19.2 Å². The van der Waals surface area contributed by atoms with Crippen LogP contribution in [-0.2, 0) is 13.6 Å². The highest BCUT2D eigenvalue weighted by atomic mass is 19.1. The fourth-order valence-electron chi connectivity index (χ4n) is 4.34. The molecule has 4 rings (SSSR count). The normalized spacial score (nSPS) is 14.6. The van der Waals surface area contributed by atoms with Crippen LogP contribution in [0.3, 0.4) is 0 Å². The molecule has 0 amide bonds. The van der Waals surface area contributed by atoms with E-state index in [2.05, 4.69) is 39.2 Å². The number of ether oxygens (including phenoxy) is 1. The van der Waals surface area contributed by atoms with E-state index in [0.29, 0.717) is 19.6 Å². The van der Waals surface area contributed by atoms with Gasteiger partial charge in [-0.2, -0.15) is 5.10 Å². The van der Waals surface area contributed by atoms with E-state index >= 15 is 0 Å². The van der Waals surface area contributed by atoms with Crippen molar-refractivity contribution >= 4 is 16.5 Å². The predicted molar refractivity (Wildman–Crippen MR) is 132 cm³/mol. The molecular weight excluding hydrogens is 437 g/mol. The van der Waals surface area contributed by atoms with Crippen molar-refractivity contribution < 1.29 is 9.13 Å². The van der Waals surface area contributed by atoms with E-state index in [0.717, 1.165) is 67.0 Å². The van der Waals surface area contributed by atoms with Gasteiger partial charge in [-0.25, -0.2) is 9.48 Å². The molecule has 0 radical (unpaired) electrons. The van der Waals surface area contributed by atoms with Gasteiger partial charge in [-0.1, -0.05) is 24.3 Å². The van der Waals surface area contributed by atoms with Crippen LogP contribution in [0, 0.1) is 0 Å².